The molecule has 0 aromatic heterocycles. The number of aryl methyl sites for hydroxylation is 1. The molecule has 2 atom stereocenters. The highest BCUT2D eigenvalue weighted by Crippen LogP contribution is 2.33. The van der Waals surface area contributed by atoms with Crippen LogP contribution in [0.1, 0.15) is 49.3 Å². The van der Waals surface area contributed by atoms with Crippen LogP contribution >= 0.6 is 11.8 Å². The van der Waals surface area contributed by atoms with Crippen molar-refractivity contribution in [2.45, 2.75) is 58.0 Å². The minimum atomic E-state index is -4.55. The second kappa shape index (κ2) is 17.4. The number of carbonyl (C=O) groups is 3. The molecule has 0 fully saturated rings. The lowest BCUT2D eigenvalue weighted by Gasteiger charge is -2.27. The summed E-state index contributed by atoms with van der Waals surface area (Å²) in [6.45, 7) is 2.88. The Morgan fingerprint density at radius 1 is 1.09 bits per heavy atom. The molecule has 3 amide bonds. The second-order valence-corrected chi connectivity index (χ2v) is 10.4. The number of nitrogens with two attached hydrogens (primary N) is 1. The second-order valence-electron chi connectivity index (χ2n) is 9.54. The van der Waals surface area contributed by atoms with Crippen LogP contribution in [0.4, 0.5) is 36.4 Å². The lowest BCUT2D eigenvalue weighted by atomic mass is 9.97. The molecule has 45 heavy (non-hydrogen) atoms. The predicted octanol–water partition coefficient (Wildman–Crippen LogP) is 6.12. The van der Waals surface area contributed by atoms with Gasteiger partial charge in [0.15, 0.2) is 0 Å². The van der Waals surface area contributed by atoms with Crippen LogP contribution in [-0.2, 0) is 14.4 Å². The molecule has 3 N–H and O–H groups in total. The van der Waals surface area contributed by atoms with Crippen LogP contribution in [0.15, 0.2) is 47.5 Å². The highest BCUT2D eigenvalue weighted by atomic mass is 32.2. The third-order valence-corrected chi connectivity index (χ3v) is 6.67. The summed E-state index contributed by atoms with van der Waals surface area (Å²) in [5.74, 6) is -4.31. The normalized spacial score (nSPS) is 15.2. The summed E-state index contributed by atoms with van der Waals surface area (Å²) in [7, 11) is 0. The fourth-order valence-electron chi connectivity index (χ4n) is 4.10. The molecule has 0 aliphatic carbocycles. The first-order valence-electron chi connectivity index (χ1n) is 13.3. The summed E-state index contributed by atoms with van der Waals surface area (Å²) >= 11 is 1.33. The Hall–Kier alpha value is -4.06. The maximum absolute atomic E-state index is 14.1. The molecule has 1 aliphatic heterocycles. The van der Waals surface area contributed by atoms with Gasteiger partial charge in [0, 0.05) is 36.3 Å². The third-order valence-electron chi connectivity index (χ3n) is 6.15. The van der Waals surface area contributed by atoms with Crippen molar-refractivity contribution >= 4 is 40.9 Å². The number of benzodiazepines with no additional fused rings is 1. The van der Waals surface area contributed by atoms with Gasteiger partial charge in [-0.15, -0.1) is 24.6 Å². The molecule has 0 unspecified atom stereocenters. The zero-order chi connectivity index (χ0) is 34.5. The number of nitrogens with one attached hydrogen (secondary N) is 1. The van der Waals surface area contributed by atoms with E-state index in [1.165, 1.54) is 34.9 Å². The molecule has 0 saturated heterocycles. The number of fused-ring (bicyclic) bond motifs is 1. The molecule has 1 aliphatic rings. The van der Waals surface area contributed by atoms with E-state index in [4.69, 9.17) is 5.73 Å². The average Bonchev–Trinajstić information content (AvgIpc) is 3.07. The monoisotopic (exact) mass is 662 g/mol. The van der Waals surface area contributed by atoms with Gasteiger partial charge in [-0.1, -0.05) is 37.3 Å². The molecule has 3 rings (SSSR count). The molecule has 0 radical (unpaired) electrons. The van der Waals surface area contributed by atoms with Gasteiger partial charge < -0.3 is 11.1 Å². The molecule has 0 saturated carbocycles. The van der Waals surface area contributed by atoms with E-state index in [-0.39, 0.29) is 11.6 Å². The number of hydrogen-bond donors (Lipinski definition) is 2. The van der Waals surface area contributed by atoms with Crippen molar-refractivity contribution in [2.24, 2.45) is 16.6 Å². The van der Waals surface area contributed by atoms with Gasteiger partial charge in [0.2, 0.25) is 18.0 Å². The molecule has 0 bridgehead atoms. The highest BCUT2D eigenvalue weighted by Gasteiger charge is 2.36. The SMILES string of the molecule is C#C.CCC(F)(F)F.CSCN1C(=O)[C@@H](NC(=O)[C@H](CCC(F)(F)F)CC(N)=O)N=C(c2cccc(F)c2)c2cccc(C)c21. The highest BCUT2D eigenvalue weighted by molar-refractivity contribution is 7.98. The van der Waals surface area contributed by atoms with Gasteiger partial charge in [-0.2, -0.15) is 26.3 Å². The Morgan fingerprint density at radius 2 is 1.69 bits per heavy atom. The van der Waals surface area contributed by atoms with Gasteiger partial charge in [-0.25, -0.2) is 9.38 Å². The fraction of sp³-hybridized carbons (Fsp3) is 0.400. The van der Waals surface area contributed by atoms with Crippen LogP contribution in [0.5, 0.6) is 0 Å². The number of rotatable bonds is 9. The minimum absolute atomic E-state index is 0.188. The number of halogens is 7. The van der Waals surface area contributed by atoms with Crippen LogP contribution in [-0.4, -0.2) is 54.1 Å². The maximum Gasteiger partial charge on any atom is 0.389 e. The molecule has 2 aromatic carbocycles. The number of para-hydroxylation sites is 1. The number of amides is 3. The van der Waals surface area contributed by atoms with Gasteiger partial charge in [0.05, 0.1) is 17.3 Å². The lowest BCUT2D eigenvalue weighted by molar-refractivity contribution is -0.143. The zero-order valence-corrected chi connectivity index (χ0v) is 25.5. The van der Waals surface area contributed by atoms with Gasteiger partial charge in [-0.3, -0.25) is 19.3 Å². The summed E-state index contributed by atoms with van der Waals surface area (Å²) in [6, 6.07) is 10.8. The number of thioether (sulfide) groups is 1. The molecule has 0 spiro atoms. The zero-order valence-electron chi connectivity index (χ0n) is 24.6. The number of primary amides is 1. The Kier molecular flexibility index (Phi) is 15.1. The Labute approximate surface area is 260 Å². The molecule has 246 valence electrons. The Bertz CT molecular complexity index is 1380. The van der Waals surface area contributed by atoms with E-state index in [2.05, 4.69) is 23.2 Å². The number of anilines is 1. The summed E-state index contributed by atoms with van der Waals surface area (Å²) in [5.41, 5.74) is 7.50. The van der Waals surface area contributed by atoms with Crippen molar-refractivity contribution in [3.05, 3.63) is 65.0 Å². The maximum atomic E-state index is 14.1. The van der Waals surface area contributed by atoms with Gasteiger partial charge in [0.1, 0.15) is 5.82 Å². The first-order chi connectivity index (χ1) is 21.0. The summed E-state index contributed by atoms with van der Waals surface area (Å²) in [6.07, 6.45) is -3.62. The summed E-state index contributed by atoms with van der Waals surface area (Å²) in [4.78, 5) is 44.0. The Morgan fingerprint density at radius 3 is 2.20 bits per heavy atom. The molecule has 2 aromatic rings. The van der Waals surface area contributed by atoms with Crippen molar-refractivity contribution in [1.82, 2.24) is 5.32 Å². The van der Waals surface area contributed by atoms with Crippen molar-refractivity contribution in [3.63, 3.8) is 0 Å². The number of benzene rings is 2. The Balaban J connectivity index is 0.00000113. The van der Waals surface area contributed by atoms with Crippen molar-refractivity contribution in [3.8, 4) is 12.8 Å². The molecule has 1 heterocycles. The number of aliphatic imine (C=N–C) groups is 1. The van der Waals surface area contributed by atoms with E-state index in [9.17, 15) is 45.1 Å². The predicted molar refractivity (Wildman–Crippen MR) is 160 cm³/mol. The van der Waals surface area contributed by atoms with Crippen LogP contribution in [0.25, 0.3) is 0 Å². The van der Waals surface area contributed by atoms with E-state index >= 15 is 0 Å². The van der Waals surface area contributed by atoms with E-state index in [0.29, 0.717) is 16.8 Å². The summed E-state index contributed by atoms with van der Waals surface area (Å²) in [5, 5.41) is 2.41. The van der Waals surface area contributed by atoms with Crippen LogP contribution < -0.4 is 16.0 Å². The number of nitrogens with zero attached hydrogens (tertiary/aromatic N) is 2. The van der Waals surface area contributed by atoms with Gasteiger partial charge in [0.25, 0.3) is 5.91 Å². The van der Waals surface area contributed by atoms with Crippen LogP contribution in [0.2, 0.25) is 0 Å². The van der Waals surface area contributed by atoms with E-state index in [1.807, 2.05) is 0 Å². The summed E-state index contributed by atoms with van der Waals surface area (Å²) < 4.78 is 85.0. The van der Waals surface area contributed by atoms with Crippen molar-refractivity contribution in [2.75, 3.05) is 17.0 Å². The quantitative estimate of drug-likeness (QED) is 0.249. The first kappa shape index (κ1) is 39.0. The molecular formula is C30H33F7N4O3S. The third kappa shape index (κ3) is 12.5. The number of carbonyl (C=O) groups excluding carboxylic acids is 3. The smallest absolute Gasteiger partial charge is 0.370 e. The van der Waals surface area contributed by atoms with Gasteiger partial charge in [-0.05, 0) is 37.3 Å². The first-order valence-corrected chi connectivity index (χ1v) is 14.7. The topological polar surface area (TPSA) is 105 Å². The standard InChI is InChI=1S/C25H26F4N4O3S.C3H5F3.C2H2/c1-14-5-3-8-18-20(15-6-4-7-17(26)11-15)31-22(24(36)33(13-37-2)21(14)18)32-23(35)16(12-19(30)34)9-10-25(27,28)29;1-2-3(4,5)6;1-2/h3-8,11,16,22H,9-10,12-13H2,1-2H3,(H2,30,34)(H,32,35);2H2,1H3;1-2H/t16-,22-;;/m1../s1. The average molecular weight is 663 g/mol. The van der Waals surface area contributed by atoms with Gasteiger partial charge >= 0.3 is 12.4 Å². The molecule has 7 nitrogen and oxygen atoms in total. The largest absolute Gasteiger partial charge is 0.389 e. The fourth-order valence-corrected chi connectivity index (χ4v) is 4.61. The minimum Gasteiger partial charge on any atom is -0.370 e. The number of alkyl halides is 6. The van der Waals surface area contributed by atoms with Crippen molar-refractivity contribution in [1.29, 1.82) is 0 Å². The lowest BCUT2D eigenvalue weighted by Crippen LogP contribution is -2.49. The van der Waals surface area contributed by atoms with E-state index in [1.54, 1.807) is 37.4 Å². The van der Waals surface area contributed by atoms with Crippen LogP contribution in [0.3, 0.4) is 0 Å². The number of terminal acetylenes is 1. The van der Waals surface area contributed by atoms with Crippen LogP contribution in [0, 0.1) is 31.5 Å². The van der Waals surface area contributed by atoms with Crippen molar-refractivity contribution < 1.29 is 45.1 Å². The molecular weight excluding hydrogens is 629 g/mol. The molecule has 15 heteroatoms. The van der Waals surface area contributed by atoms with E-state index in [0.717, 1.165) is 12.5 Å². The van der Waals surface area contributed by atoms with E-state index < -0.39 is 73.7 Å². The number of hydrogen-bond acceptors (Lipinski definition) is 5.